The molecule has 1 unspecified atom stereocenters. The van der Waals surface area contributed by atoms with Gasteiger partial charge >= 0.3 is 0 Å². The fourth-order valence-corrected chi connectivity index (χ4v) is 2.17. The number of amides is 2. The Labute approximate surface area is 113 Å². The number of likely N-dealkylation sites (N-methyl/N-ethyl adjacent to an activating group) is 1. The second-order valence-corrected chi connectivity index (χ2v) is 5.55. The number of piperidine rings is 1. The van der Waals surface area contributed by atoms with Gasteiger partial charge in [-0.1, -0.05) is 12.2 Å². The Hall–Kier alpha value is -1.17. The van der Waals surface area contributed by atoms with Gasteiger partial charge in [0.15, 0.2) is 0 Å². The van der Waals surface area contributed by atoms with Crippen LogP contribution in [0.25, 0.3) is 0 Å². The van der Waals surface area contributed by atoms with E-state index in [1.54, 1.807) is 25.8 Å². The first-order chi connectivity index (χ1) is 8.32. The predicted molar refractivity (Wildman–Crippen MR) is 74.0 cm³/mol. The van der Waals surface area contributed by atoms with Crippen molar-refractivity contribution in [3.63, 3.8) is 0 Å². The smallest absolute Gasteiger partial charge is 0.242 e. The minimum absolute atomic E-state index is 0.123. The summed E-state index contributed by atoms with van der Waals surface area (Å²) >= 11 is 4.94. The van der Waals surface area contributed by atoms with E-state index >= 15 is 0 Å². The fraction of sp³-hybridized carbons (Fsp3) is 0.750. The predicted octanol–water partition coefficient (Wildman–Crippen LogP) is 0.426. The summed E-state index contributed by atoms with van der Waals surface area (Å²) < 4.78 is 0. The molecule has 5 nitrogen and oxygen atoms in total. The van der Waals surface area contributed by atoms with Crippen molar-refractivity contribution < 1.29 is 9.59 Å². The molecule has 102 valence electrons. The van der Waals surface area contributed by atoms with Crippen LogP contribution in [0.2, 0.25) is 0 Å². The van der Waals surface area contributed by atoms with Crippen LogP contribution in [0.15, 0.2) is 0 Å². The van der Waals surface area contributed by atoms with Crippen molar-refractivity contribution in [1.82, 2.24) is 10.2 Å². The lowest BCUT2D eigenvalue weighted by Gasteiger charge is -2.38. The second-order valence-electron chi connectivity index (χ2n) is 5.11. The van der Waals surface area contributed by atoms with E-state index in [1.807, 2.05) is 0 Å². The first kappa shape index (κ1) is 14.9. The Morgan fingerprint density at radius 2 is 2.00 bits per heavy atom. The summed E-state index contributed by atoms with van der Waals surface area (Å²) in [7, 11) is 1.58. The lowest BCUT2D eigenvalue weighted by molar-refractivity contribution is -0.146. The third kappa shape index (κ3) is 2.80. The molecular formula is C12H21N3O2S. The SMILES string of the molecule is CNC(=O)C1CCCCN1C(=O)C(C)(C)C(N)=S. The molecular weight excluding hydrogens is 250 g/mol. The molecule has 1 aliphatic rings. The van der Waals surface area contributed by atoms with Gasteiger partial charge in [0.25, 0.3) is 0 Å². The van der Waals surface area contributed by atoms with Gasteiger partial charge in [0, 0.05) is 13.6 Å². The van der Waals surface area contributed by atoms with Crippen LogP contribution in [0.5, 0.6) is 0 Å². The Balaban J connectivity index is 2.94. The molecule has 2 amide bonds. The standard InChI is InChI=1S/C12H21N3O2S/c1-12(2,10(13)18)11(17)15-7-5-4-6-8(15)9(16)14-3/h8H,4-7H2,1-3H3,(H2,13,18)(H,14,16). The van der Waals surface area contributed by atoms with Crippen LogP contribution >= 0.6 is 12.2 Å². The van der Waals surface area contributed by atoms with Gasteiger partial charge in [-0.25, -0.2) is 0 Å². The fourth-order valence-electron chi connectivity index (χ4n) is 2.08. The monoisotopic (exact) mass is 271 g/mol. The van der Waals surface area contributed by atoms with Crippen molar-refractivity contribution >= 4 is 29.0 Å². The molecule has 6 heteroatoms. The van der Waals surface area contributed by atoms with Crippen LogP contribution in [0.3, 0.4) is 0 Å². The highest BCUT2D eigenvalue weighted by Gasteiger charge is 2.40. The number of nitrogens with two attached hydrogens (primary N) is 1. The van der Waals surface area contributed by atoms with Gasteiger partial charge in [-0.2, -0.15) is 0 Å². The number of likely N-dealkylation sites (tertiary alicyclic amines) is 1. The molecule has 1 rings (SSSR count). The van der Waals surface area contributed by atoms with E-state index in [9.17, 15) is 9.59 Å². The van der Waals surface area contributed by atoms with Gasteiger partial charge in [-0.05, 0) is 33.1 Å². The summed E-state index contributed by atoms with van der Waals surface area (Å²) in [5.41, 5.74) is 4.71. The quantitative estimate of drug-likeness (QED) is 0.730. The Bertz CT molecular complexity index is 368. The van der Waals surface area contributed by atoms with Crippen LogP contribution in [-0.2, 0) is 9.59 Å². The summed E-state index contributed by atoms with van der Waals surface area (Å²) in [6, 6.07) is -0.398. The summed E-state index contributed by atoms with van der Waals surface area (Å²) in [5, 5.41) is 2.60. The average molecular weight is 271 g/mol. The molecule has 0 aromatic carbocycles. The Kier molecular flexibility index (Phi) is 4.67. The summed E-state index contributed by atoms with van der Waals surface area (Å²) in [5.74, 6) is -0.287. The van der Waals surface area contributed by atoms with Crippen molar-refractivity contribution in [2.75, 3.05) is 13.6 Å². The molecule has 0 aliphatic carbocycles. The number of thiocarbonyl (C=S) groups is 1. The van der Waals surface area contributed by atoms with E-state index < -0.39 is 11.5 Å². The first-order valence-corrected chi connectivity index (χ1v) is 6.55. The molecule has 1 fully saturated rings. The van der Waals surface area contributed by atoms with Gasteiger partial charge in [0.05, 0.1) is 10.4 Å². The maximum atomic E-state index is 12.5. The molecule has 18 heavy (non-hydrogen) atoms. The second kappa shape index (κ2) is 5.65. The van der Waals surface area contributed by atoms with Gasteiger partial charge in [0.1, 0.15) is 6.04 Å². The number of rotatable bonds is 3. The number of hydrogen-bond donors (Lipinski definition) is 2. The summed E-state index contributed by atoms with van der Waals surface area (Å²) in [6.07, 6.45) is 2.56. The first-order valence-electron chi connectivity index (χ1n) is 6.15. The van der Waals surface area contributed by atoms with Crippen LogP contribution < -0.4 is 11.1 Å². The van der Waals surface area contributed by atoms with E-state index in [2.05, 4.69) is 5.32 Å². The number of nitrogens with zero attached hydrogens (tertiary/aromatic N) is 1. The lowest BCUT2D eigenvalue weighted by atomic mass is 9.89. The number of nitrogens with one attached hydrogen (secondary N) is 1. The van der Waals surface area contributed by atoms with Crippen molar-refractivity contribution in [3.8, 4) is 0 Å². The average Bonchev–Trinajstić information content (AvgIpc) is 2.36. The topological polar surface area (TPSA) is 75.4 Å². The third-order valence-electron chi connectivity index (χ3n) is 3.46. The van der Waals surface area contributed by atoms with Gasteiger partial charge < -0.3 is 16.0 Å². The number of carbonyl (C=O) groups excluding carboxylic acids is 2. The number of hydrogen-bond acceptors (Lipinski definition) is 3. The van der Waals surface area contributed by atoms with Gasteiger partial charge in [-0.15, -0.1) is 0 Å². The largest absolute Gasteiger partial charge is 0.392 e. The molecule has 1 aliphatic heterocycles. The molecule has 1 heterocycles. The Morgan fingerprint density at radius 1 is 1.39 bits per heavy atom. The van der Waals surface area contributed by atoms with E-state index in [0.29, 0.717) is 13.0 Å². The number of carbonyl (C=O) groups is 2. The van der Waals surface area contributed by atoms with Crippen LogP contribution in [-0.4, -0.2) is 41.3 Å². The highest BCUT2D eigenvalue weighted by molar-refractivity contribution is 7.80. The highest BCUT2D eigenvalue weighted by atomic mass is 32.1. The van der Waals surface area contributed by atoms with Crippen molar-refractivity contribution in [3.05, 3.63) is 0 Å². The molecule has 0 spiro atoms. The third-order valence-corrected chi connectivity index (χ3v) is 3.97. The van der Waals surface area contributed by atoms with Crippen molar-refractivity contribution in [1.29, 1.82) is 0 Å². The molecule has 0 bridgehead atoms. The minimum Gasteiger partial charge on any atom is -0.392 e. The Morgan fingerprint density at radius 3 is 2.50 bits per heavy atom. The molecule has 0 aromatic heterocycles. The molecule has 3 N–H and O–H groups in total. The maximum absolute atomic E-state index is 12.5. The van der Waals surface area contributed by atoms with E-state index in [1.165, 1.54) is 0 Å². The zero-order chi connectivity index (χ0) is 13.9. The minimum atomic E-state index is -0.904. The lowest BCUT2D eigenvalue weighted by Crippen LogP contribution is -2.56. The maximum Gasteiger partial charge on any atom is 0.242 e. The van der Waals surface area contributed by atoms with E-state index in [-0.39, 0.29) is 16.8 Å². The highest BCUT2D eigenvalue weighted by Crippen LogP contribution is 2.25. The zero-order valence-electron chi connectivity index (χ0n) is 11.2. The van der Waals surface area contributed by atoms with E-state index in [0.717, 1.165) is 12.8 Å². The van der Waals surface area contributed by atoms with Gasteiger partial charge in [0.2, 0.25) is 11.8 Å². The normalized spacial score (nSPS) is 20.4. The summed E-state index contributed by atoms with van der Waals surface area (Å²) in [6.45, 7) is 3.99. The molecule has 0 radical (unpaired) electrons. The van der Waals surface area contributed by atoms with Crippen LogP contribution in [0, 0.1) is 5.41 Å². The van der Waals surface area contributed by atoms with Gasteiger partial charge in [-0.3, -0.25) is 9.59 Å². The molecule has 1 atom stereocenters. The van der Waals surface area contributed by atoms with Crippen LogP contribution in [0.4, 0.5) is 0 Å². The van der Waals surface area contributed by atoms with Crippen LogP contribution in [0.1, 0.15) is 33.1 Å². The molecule has 0 aromatic rings. The van der Waals surface area contributed by atoms with Crippen molar-refractivity contribution in [2.45, 2.75) is 39.2 Å². The molecule has 1 saturated heterocycles. The zero-order valence-corrected chi connectivity index (χ0v) is 12.0. The summed E-state index contributed by atoms with van der Waals surface area (Å²) in [4.78, 5) is 26.1. The molecule has 0 saturated carbocycles. The van der Waals surface area contributed by atoms with Crippen molar-refractivity contribution in [2.24, 2.45) is 11.1 Å². The van der Waals surface area contributed by atoms with E-state index in [4.69, 9.17) is 18.0 Å².